The van der Waals surface area contributed by atoms with Gasteiger partial charge < -0.3 is 20.7 Å². The molecule has 3 N–H and O–H groups in total. The topological polar surface area (TPSA) is 126 Å². The lowest BCUT2D eigenvalue weighted by Crippen LogP contribution is -2.24. The van der Waals surface area contributed by atoms with E-state index in [4.69, 9.17) is 4.74 Å². The zero-order chi connectivity index (χ0) is 25.8. The Bertz CT molecular complexity index is 1360. The second-order valence-corrected chi connectivity index (χ2v) is 8.69. The molecular formula is C21H16F4N4O5S. The maximum absolute atomic E-state index is 13.9. The molecule has 9 nitrogen and oxygen atoms in total. The molecule has 14 heteroatoms. The van der Waals surface area contributed by atoms with Gasteiger partial charge in [0.1, 0.15) is 23.0 Å². The maximum atomic E-state index is 13.9. The molecule has 3 rings (SSSR count). The highest BCUT2D eigenvalue weighted by atomic mass is 32.2. The number of benzene rings is 2. The highest BCUT2D eigenvalue weighted by molar-refractivity contribution is 7.92. The minimum absolute atomic E-state index is 0.138. The Morgan fingerprint density at radius 1 is 0.943 bits per heavy atom. The second kappa shape index (κ2) is 9.97. The van der Waals surface area contributed by atoms with Crippen LogP contribution in [0.2, 0.25) is 0 Å². The van der Waals surface area contributed by atoms with Crippen molar-refractivity contribution < 1.29 is 40.3 Å². The Morgan fingerprint density at radius 3 is 2.26 bits per heavy atom. The number of nitrogens with one attached hydrogen (secondary N) is 3. The van der Waals surface area contributed by atoms with Crippen molar-refractivity contribution in [3.63, 3.8) is 0 Å². The Morgan fingerprint density at radius 2 is 1.63 bits per heavy atom. The first kappa shape index (κ1) is 25.4. The van der Waals surface area contributed by atoms with Crippen molar-refractivity contribution in [3.05, 3.63) is 72.3 Å². The van der Waals surface area contributed by atoms with Gasteiger partial charge in [-0.3, -0.25) is 9.78 Å². The summed E-state index contributed by atoms with van der Waals surface area (Å²) in [6.45, 7) is 0. The molecule has 0 radical (unpaired) electrons. The summed E-state index contributed by atoms with van der Waals surface area (Å²) in [4.78, 5) is 26.5. The summed E-state index contributed by atoms with van der Waals surface area (Å²) in [5, 5.41) is 6.72. The molecule has 0 aliphatic rings. The van der Waals surface area contributed by atoms with Crippen molar-refractivity contribution in [1.82, 2.24) is 10.3 Å². The normalized spacial score (nSPS) is 11.5. The van der Waals surface area contributed by atoms with Crippen molar-refractivity contribution in [3.8, 4) is 11.5 Å². The summed E-state index contributed by atoms with van der Waals surface area (Å²) < 4.78 is 80.8. The molecule has 3 amide bonds. The second-order valence-electron chi connectivity index (χ2n) is 6.75. The third-order valence-electron chi connectivity index (χ3n) is 4.34. The minimum Gasteiger partial charge on any atom is -0.457 e. The zero-order valence-electron chi connectivity index (χ0n) is 17.7. The SMILES string of the molecule is CNC(=O)c1cc(Oc2ccc(NC(=O)Nc3cc(S(=O)(=O)C(F)(F)F)ccc3F)cc2)ccn1. The highest BCUT2D eigenvalue weighted by Crippen LogP contribution is 2.32. The number of sulfone groups is 1. The number of urea groups is 1. The molecule has 1 aromatic heterocycles. The van der Waals surface area contributed by atoms with Gasteiger partial charge in [-0.05, 0) is 48.5 Å². The van der Waals surface area contributed by atoms with Gasteiger partial charge in [0.2, 0.25) is 0 Å². The first-order valence-corrected chi connectivity index (χ1v) is 11.0. The van der Waals surface area contributed by atoms with E-state index in [0.29, 0.717) is 29.7 Å². The molecule has 3 aromatic rings. The fourth-order valence-electron chi connectivity index (χ4n) is 2.65. The van der Waals surface area contributed by atoms with Crippen molar-refractivity contribution in [2.45, 2.75) is 10.4 Å². The molecule has 0 aliphatic heterocycles. The predicted octanol–water partition coefficient (Wildman–Crippen LogP) is 4.31. The van der Waals surface area contributed by atoms with E-state index >= 15 is 0 Å². The quantitative estimate of drug-likeness (QED) is 0.334. The number of ether oxygens (including phenoxy) is 1. The third-order valence-corrected chi connectivity index (χ3v) is 5.82. The molecule has 0 atom stereocenters. The van der Waals surface area contributed by atoms with Crippen LogP contribution in [0.4, 0.5) is 33.7 Å². The molecular weight excluding hydrogens is 496 g/mol. The van der Waals surface area contributed by atoms with E-state index in [0.717, 1.165) is 0 Å². The van der Waals surface area contributed by atoms with Crippen LogP contribution in [0.15, 0.2) is 65.7 Å². The van der Waals surface area contributed by atoms with Gasteiger partial charge in [0.15, 0.2) is 0 Å². The van der Waals surface area contributed by atoms with Crippen molar-refractivity contribution in [2.75, 3.05) is 17.7 Å². The van der Waals surface area contributed by atoms with E-state index < -0.39 is 43.7 Å². The van der Waals surface area contributed by atoms with Crippen LogP contribution in [-0.2, 0) is 9.84 Å². The largest absolute Gasteiger partial charge is 0.501 e. The first-order chi connectivity index (χ1) is 16.4. The van der Waals surface area contributed by atoms with E-state index in [-0.39, 0.29) is 11.4 Å². The molecule has 2 aromatic carbocycles. The van der Waals surface area contributed by atoms with Crippen LogP contribution in [0, 0.1) is 5.82 Å². The van der Waals surface area contributed by atoms with Gasteiger partial charge in [-0.15, -0.1) is 0 Å². The van der Waals surface area contributed by atoms with Gasteiger partial charge in [0.05, 0.1) is 10.6 Å². The summed E-state index contributed by atoms with van der Waals surface area (Å²) in [6, 6.07) is 8.97. The number of nitrogens with zero attached hydrogens (tertiary/aromatic N) is 1. The number of halogens is 4. The number of carbonyl (C=O) groups excluding carboxylic acids is 2. The number of pyridine rings is 1. The molecule has 0 spiro atoms. The Labute approximate surface area is 196 Å². The van der Waals surface area contributed by atoms with E-state index in [1.165, 1.54) is 49.6 Å². The van der Waals surface area contributed by atoms with Gasteiger partial charge in [-0.2, -0.15) is 13.2 Å². The molecule has 0 saturated heterocycles. The number of hydrogen-bond acceptors (Lipinski definition) is 6. The van der Waals surface area contributed by atoms with Crippen LogP contribution in [-0.4, -0.2) is 37.9 Å². The highest BCUT2D eigenvalue weighted by Gasteiger charge is 2.47. The fraction of sp³-hybridized carbons (Fsp3) is 0.0952. The summed E-state index contributed by atoms with van der Waals surface area (Å²) in [7, 11) is -4.28. The lowest BCUT2D eigenvalue weighted by Gasteiger charge is -2.12. The van der Waals surface area contributed by atoms with Gasteiger partial charge in [-0.1, -0.05) is 0 Å². The summed E-state index contributed by atoms with van der Waals surface area (Å²) in [5.41, 5.74) is -6.01. The third kappa shape index (κ3) is 6.03. The fourth-order valence-corrected chi connectivity index (χ4v) is 3.44. The Hall–Kier alpha value is -4.20. The van der Waals surface area contributed by atoms with E-state index in [2.05, 4.69) is 15.6 Å². The average Bonchev–Trinajstić information content (AvgIpc) is 2.80. The maximum Gasteiger partial charge on any atom is 0.501 e. The van der Waals surface area contributed by atoms with Crippen LogP contribution < -0.4 is 20.7 Å². The molecule has 0 unspecified atom stereocenters. The number of amides is 3. The number of carbonyl (C=O) groups is 2. The van der Waals surface area contributed by atoms with Crippen LogP contribution in [0.5, 0.6) is 11.5 Å². The smallest absolute Gasteiger partial charge is 0.457 e. The molecule has 0 bridgehead atoms. The first-order valence-electron chi connectivity index (χ1n) is 9.55. The summed E-state index contributed by atoms with van der Waals surface area (Å²) >= 11 is 0. The van der Waals surface area contributed by atoms with Gasteiger partial charge in [0.25, 0.3) is 15.7 Å². The summed E-state index contributed by atoms with van der Waals surface area (Å²) in [6.07, 6.45) is 1.38. The number of rotatable bonds is 6. The van der Waals surface area contributed by atoms with E-state index in [1.54, 1.807) is 0 Å². The molecule has 35 heavy (non-hydrogen) atoms. The van der Waals surface area contributed by atoms with Crippen LogP contribution >= 0.6 is 0 Å². The molecule has 0 fully saturated rings. The molecule has 0 aliphatic carbocycles. The average molecular weight is 512 g/mol. The van der Waals surface area contributed by atoms with Crippen molar-refractivity contribution >= 4 is 33.2 Å². The van der Waals surface area contributed by atoms with Gasteiger partial charge in [0, 0.05) is 25.0 Å². The lowest BCUT2D eigenvalue weighted by atomic mass is 10.3. The Balaban J connectivity index is 1.68. The number of hydrogen-bond donors (Lipinski definition) is 3. The minimum atomic E-state index is -5.73. The van der Waals surface area contributed by atoms with E-state index in [1.807, 2.05) is 5.32 Å². The van der Waals surface area contributed by atoms with Crippen molar-refractivity contribution in [2.24, 2.45) is 0 Å². The predicted molar refractivity (Wildman–Crippen MR) is 116 cm³/mol. The van der Waals surface area contributed by atoms with Crippen LogP contribution in [0.1, 0.15) is 10.5 Å². The number of alkyl halides is 3. The standard InChI is InChI=1S/C21H16F4N4O5S/c1-26-19(30)18-10-14(8-9-27-18)34-13-4-2-12(3-5-13)28-20(31)29-17-11-15(6-7-16(17)22)35(32,33)21(23,24)25/h2-11H,1H3,(H,26,30)(H2,28,29,31). The van der Waals surface area contributed by atoms with Crippen LogP contribution in [0.3, 0.4) is 0 Å². The van der Waals surface area contributed by atoms with E-state index in [9.17, 15) is 35.6 Å². The van der Waals surface area contributed by atoms with Gasteiger partial charge in [-0.25, -0.2) is 17.6 Å². The Kier molecular flexibility index (Phi) is 7.24. The molecule has 184 valence electrons. The van der Waals surface area contributed by atoms with Gasteiger partial charge >= 0.3 is 11.5 Å². The number of anilines is 2. The summed E-state index contributed by atoms with van der Waals surface area (Å²) in [5.74, 6) is -0.889. The lowest BCUT2D eigenvalue weighted by molar-refractivity contribution is -0.0436. The van der Waals surface area contributed by atoms with Crippen molar-refractivity contribution in [1.29, 1.82) is 0 Å². The number of aromatic nitrogens is 1. The molecule has 0 saturated carbocycles. The zero-order valence-corrected chi connectivity index (χ0v) is 18.5. The molecule has 1 heterocycles. The van der Waals surface area contributed by atoms with Crippen LogP contribution in [0.25, 0.3) is 0 Å². The monoisotopic (exact) mass is 512 g/mol.